The van der Waals surface area contributed by atoms with Crippen molar-refractivity contribution >= 4 is 60.8 Å². The average molecular weight is 818 g/mol. The number of benzene rings is 2. The molecule has 2 aromatic carbocycles. The monoisotopic (exact) mass is 817 g/mol. The summed E-state index contributed by atoms with van der Waals surface area (Å²) < 4.78 is 99.5. The van der Waals surface area contributed by atoms with Crippen molar-refractivity contribution in [2.24, 2.45) is 0 Å². The lowest BCUT2D eigenvalue weighted by atomic mass is 9.95. The van der Waals surface area contributed by atoms with Crippen LogP contribution in [0.1, 0.15) is 57.4 Å². The van der Waals surface area contributed by atoms with Crippen molar-refractivity contribution in [3.63, 3.8) is 0 Å². The summed E-state index contributed by atoms with van der Waals surface area (Å²) in [5, 5.41) is 12.2. The molecule has 2 saturated heterocycles. The minimum Gasteiger partial charge on any atom is -0.488 e. The van der Waals surface area contributed by atoms with E-state index in [1.807, 2.05) is 11.0 Å². The van der Waals surface area contributed by atoms with E-state index in [0.717, 1.165) is 30.2 Å². The first-order chi connectivity index (χ1) is 26.7. The summed E-state index contributed by atoms with van der Waals surface area (Å²) >= 11 is 7.77. The molecular formula is C37H33ClF5N7O5S. The molecule has 3 aromatic heterocycles. The summed E-state index contributed by atoms with van der Waals surface area (Å²) in [6.45, 7) is 4.51. The van der Waals surface area contributed by atoms with Gasteiger partial charge in [0.15, 0.2) is 18.0 Å². The average Bonchev–Trinajstić information content (AvgIpc) is 3.90. The van der Waals surface area contributed by atoms with Crippen molar-refractivity contribution in [3.05, 3.63) is 52.7 Å². The van der Waals surface area contributed by atoms with Gasteiger partial charge in [-0.25, -0.2) is 31.7 Å². The fourth-order valence-corrected chi connectivity index (χ4v) is 9.29. The summed E-state index contributed by atoms with van der Waals surface area (Å²) in [6, 6.07) is 2.82. The highest BCUT2D eigenvalue weighted by Gasteiger charge is 2.49. The lowest BCUT2D eigenvalue weighted by Gasteiger charge is -2.31. The molecule has 6 heterocycles. The highest BCUT2D eigenvalue weighted by molar-refractivity contribution is 7.23. The molecule has 0 aliphatic carbocycles. The Morgan fingerprint density at radius 3 is 2.77 bits per heavy atom. The molecule has 8 rings (SSSR count). The van der Waals surface area contributed by atoms with Gasteiger partial charge in [0, 0.05) is 23.9 Å². The van der Waals surface area contributed by atoms with E-state index in [-0.39, 0.29) is 91.7 Å². The fraction of sp³-hybridized carbons (Fsp3) is 0.432. The number of halogens is 6. The number of rotatable bonds is 8. The number of alkyl halides is 3. The number of amides is 1. The molecule has 0 spiro atoms. The minimum atomic E-state index is -2.92. The third kappa shape index (κ3) is 6.58. The summed E-state index contributed by atoms with van der Waals surface area (Å²) in [4.78, 5) is 28.8. The van der Waals surface area contributed by atoms with Crippen LogP contribution in [-0.2, 0) is 4.74 Å². The van der Waals surface area contributed by atoms with E-state index in [1.165, 1.54) is 17.2 Å². The van der Waals surface area contributed by atoms with Gasteiger partial charge in [-0.1, -0.05) is 17.7 Å². The first-order valence-electron chi connectivity index (χ1n) is 17.6. The summed E-state index contributed by atoms with van der Waals surface area (Å²) in [6.07, 6.45) is -0.795. The van der Waals surface area contributed by atoms with E-state index in [9.17, 15) is 23.2 Å². The first-order valence-corrected chi connectivity index (χ1v) is 18.8. The van der Waals surface area contributed by atoms with Gasteiger partial charge in [-0.3, -0.25) is 10.2 Å². The van der Waals surface area contributed by atoms with Gasteiger partial charge < -0.3 is 23.5 Å². The van der Waals surface area contributed by atoms with Crippen LogP contribution in [0, 0.1) is 23.0 Å². The van der Waals surface area contributed by atoms with Gasteiger partial charge in [0.25, 0.3) is 6.43 Å². The van der Waals surface area contributed by atoms with Gasteiger partial charge in [-0.15, -0.1) is 11.3 Å². The Balaban J connectivity index is 1.34. The SMILES string of the molecule is CC(C)(C)OC(=O)Nc1sc2c(F)ccc(-c3c(Cl)c4c5c(nc(OC[C@@]67CCCN6C[C@H](F)C7)nc5c3F)N(CC(F)F)C(c3cnco3)CO4)c2c1C#N. The number of aromatic nitrogens is 3. The molecule has 19 heteroatoms. The topological polar surface area (TPSA) is 139 Å². The van der Waals surface area contributed by atoms with E-state index in [4.69, 9.17) is 30.2 Å². The molecule has 1 unspecified atom stereocenters. The molecule has 2 fully saturated rings. The highest BCUT2D eigenvalue weighted by atomic mass is 35.5. The number of hydrogen-bond donors (Lipinski definition) is 1. The fourth-order valence-electron chi connectivity index (χ4n) is 7.89. The van der Waals surface area contributed by atoms with E-state index >= 15 is 8.78 Å². The number of thiophene rings is 1. The smallest absolute Gasteiger partial charge is 0.412 e. The molecule has 294 valence electrons. The standard InChI is InChI=1S/C37H33ClF5N7O5S/c1-36(2,3)55-35(51)48-33-19(10-44)24-18(5-6-20(40)31(24)56-33)25-27(38)30-26-29(28(25)43)46-34(53-15-37-7-4-8-49(37)12-17(39)9-37)47-32(26)50(13-23(41)42)21(14-52-30)22-11-45-16-54-22/h5-6,11,16-17,21,23H,4,7-9,12-15H2,1-3H3,(H,48,51)/t17-,21?,37+/m1/s1. The lowest BCUT2D eigenvalue weighted by Crippen LogP contribution is -2.43. The molecule has 3 aliphatic rings. The second-order valence-corrected chi connectivity index (χ2v) is 16.3. The Bertz CT molecular complexity index is 2410. The van der Waals surface area contributed by atoms with Crippen LogP contribution in [0.25, 0.3) is 32.1 Å². The molecule has 3 aliphatic heterocycles. The maximum atomic E-state index is 17.5. The molecule has 1 N–H and O–H groups in total. The van der Waals surface area contributed by atoms with Gasteiger partial charge in [-0.05, 0) is 51.8 Å². The zero-order valence-electron chi connectivity index (χ0n) is 30.1. The zero-order valence-corrected chi connectivity index (χ0v) is 31.7. The number of hydrogen-bond acceptors (Lipinski definition) is 12. The second kappa shape index (κ2) is 14.2. The Labute approximate surface area is 325 Å². The Kier molecular flexibility index (Phi) is 9.61. The van der Waals surface area contributed by atoms with Crippen LogP contribution >= 0.6 is 22.9 Å². The maximum Gasteiger partial charge on any atom is 0.412 e. The third-order valence-electron chi connectivity index (χ3n) is 10.1. The number of fused-ring (bicyclic) bond motifs is 2. The quantitative estimate of drug-likeness (QED) is 0.150. The summed E-state index contributed by atoms with van der Waals surface area (Å²) in [7, 11) is 0. The van der Waals surface area contributed by atoms with Crippen molar-refractivity contribution in [3.8, 4) is 29.0 Å². The van der Waals surface area contributed by atoms with Crippen molar-refractivity contribution in [2.75, 3.05) is 43.1 Å². The molecule has 56 heavy (non-hydrogen) atoms. The first kappa shape index (κ1) is 37.9. The molecule has 1 amide bonds. The van der Waals surface area contributed by atoms with Crippen LogP contribution in [0.15, 0.2) is 29.1 Å². The predicted octanol–water partition coefficient (Wildman–Crippen LogP) is 8.81. The number of nitrogens with one attached hydrogen (secondary N) is 1. The van der Waals surface area contributed by atoms with E-state index < -0.39 is 59.6 Å². The highest BCUT2D eigenvalue weighted by Crippen LogP contribution is 2.52. The molecule has 5 aromatic rings. The molecule has 3 atom stereocenters. The minimum absolute atomic E-state index is 0.0563. The lowest BCUT2D eigenvalue weighted by molar-refractivity contribution is 0.0636. The molecule has 0 saturated carbocycles. The third-order valence-corrected chi connectivity index (χ3v) is 11.6. The van der Waals surface area contributed by atoms with Gasteiger partial charge in [0.1, 0.15) is 65.0 Å². The van der Waals surface area contributed by atoms with E-state index in [0.29, 0.717) is 13.0 Å². The van der Waals surface area contributed by atoms with Gasteiger partial charge in [0.2, 0.25) is 0 Å². The molecule has 0 bridgehead atoms. The Morgan fingerprint density at radius 1 is 1.25 bits per heavy atom. The van der Waals surface area contributed by atoms with Gasteiger partial charge in [0.05, 0.1) is 39.0 Å². The van der Waals surface area contributed by atoms with Crippen LogP contribution in [0.3, 0.4) is 0 Å². The zero-order chi connectivity index (χ0) is 39.7. The van der Waals surface area contributed by atoms with E-state index in [1.54, 1.807) is 20.8 Å². The Hall–Kier alpha value is -4.99. The second-order valence-electron chi connectivity index (χ2n) is 14.9. The molecule has 12 nitrogen and oxygen atoms in total. The van der Waals surface area contributed by atoms with E-state index in [2.05, 4.69) is 20.3 Å². The largest absolute Gasteiger partial charge is 0.488 e. The Morgan fingerprint density at radius 2 is 2.05 bits per heavy atom. The number of nitrogens with zero attached hydrogens (tertiary/aromatic N) is 6. The van der Waals surface area contributed by atoms with Crippen molar-refractivity contribution in [2.45, 2.75) is 69.8 Å². The summed E-state index contributed by atoms with van der Waals surface area (Å²) in [5.74, 6) is -2.11. The number of carbonyl (C=O) groups excluding carboxylic acids is 1. The maximum absolute atomic E-state index is 17.5. The number of ether oxygens (including phenoxy) is 3. The number of oxazole rings is 1. The van der Waals surface area contributed by atoms with Crippen LogP contribution < -0.4 is 19.7 Å². The molecule has 0 radical (unpaired) electrons. The number of nitriles is 1. The van der Waals surface area contributed by atoms with Crippen molar-refractivity contribution in [1.82, 2.24) is 19.9 Å². The van der Waals surface area contributed by atoms with Crippen molar-refractivity contribution in [1.29, 1.82) is 5.26 Å². The predicted molar refractivity (Wildman–Crippen MR) is 196 cm³/mol. The van der Waals surface area contributed by atoms with Gasteiger partial charge >= 0.3 is 12.1 Å². The van der Waals surface area contributed by atoms with Crippen LogP contribution in [0.2, 0.25) is 5.02 Å². The molecular weight excluding hydrogens is 785 g/mol. The van der Waals surface area contributed by atoms with Gasteiger partial charge in [-0.2, -0.15) is 15.2 Å². The number of anilines is 2. The normalized spacial score (nSPS) is 21.0. The van der Waals surface area contributed by atoms with Crippen LogP contribution in [0.4, 0.5) is 37.6 Å². The van der Waals surface area contributed by atoms with Crippen LogP contribution in [0.5, 0.6) is 11.8 Å². The van der Waals surface area contributed by atoms with Crippen LogP contribution in [-0.4, -0.2) is 82.5 Å². The number of carbonyl (C=O) groups is 1. The van der Waals surface area contributed by atoms with Crippen molar-refractivity contribution < 1.29 is 45.4 Å². The summed E-state index contributed by atoms with van der Waals surface area (Å²) in [5.41, 5.74) is -2.61.